The Balaban J connectivity index is 1.83. The summed E-state index contributed by atoms with van der Waals surface area (Å²) in [6.45, 7) is 21.8. The summed E-state index contributed by atoms with van der Waals surface area (Å²) in [6.07, 6.45) is 9.76. The molecule has 0 bridgehead atoms. The van der Waals surface area contributed by atoms with Crippen molar-refractivity contribution in [2.75, 3.05) is 0 Å². The molecule has 40 heavy (non-hydrogen) atoms. The van der Waals surface area contributed by atoms with Gasteiger partial charge in [0.2, 0.25) is 0 Å². The van der Waals surface area contributed by atoms with Crippen molar-refractivity contribution in [2.24, 2.45) is 21.8 Å². The van der Waals surface area contributed by atoms with Crippen LogP contribution in [0.2, 0.25) is 0 Å². The molecular formula is C36H54N2O2. The highest BCUT2D eigenvalue weighted by Gasteiger charge is 2.24. The normalized spacial score (nSPS) is 19.0. The summed E-state index contributed by atoms with van der Waals surface area (Å²) in [7, 11) is 0. The predicted octanol–water partition coefficient (Wildman–Crippen LogP) is 8.94. The molecule has 0 spiro atoms. The number of nitrogens with zero attached hydrogens (tertiary/aromatic N) is 2. The van der Waals surface area contributed by atoms with E-state index in [1.54, 1.807) is 0 Å². The molecule has 3 rings (SSSR count). The molecule has 1 fully saturated rings. The van der Waals surface area contributed by atoms with Crippen LogP contribution < -0.4 is 0 Å². The second kappa shape index (κ2) is 12.9. The lowest BCUT2D eigenvalue weighted by molar-refractivity contribution is 0.397. The Morgan fingerprint density at radius 1 is 0.700 bits per heavy atom. The van der Waals surface area contributed by atoms with Crippen molar-refractivity contribution in [3.05, 3.63) is 57.6 Å². The Labute approximate surface area is 244 Å². The zero-order valence-corrected chi connectivity index (χ0v) is 26.8. The number of hydrogen-bond acceptors (Lipinski definition) is 4. The van der Waals surface area contributed by atoms with E-state index in [0.29, 0.717) is 23.3 Å². The van der Waals surface area contributed by atoms with Crippen molar-refractivity contribution in [1.82, 2.24) is 0 Å². The van der Waals surface area contributed by atoms with E-state index < -0.39 is 0 Å². The number of phenolic OH excluding ortho intramolecular Hbond substituents is 2. The largest absolute Gasteiger partial charge is 0.507 e. The van der Waals surface area contributed by atoms with Crippen molar-refractivity contribution in [3.63, 3.8) is 0 Å². The van der Waals surface area contributed by atoms with Crippen molar-refractivity contribution in [2.45, 2.75) is 131 Å². The fourth-order valence-electron chi connectivity index (χ4n) is 5.74. The molecule has 2 aromatic rings. The van der Waals surface area contributed by atoms with Gasteiger partial charge in [0, 0.05) is 34.7 Å². The number of benzene rings is 2. The van der Waals surface area contributed by atoms with Crippen molar-refractivity contribution in [1.29, 1.82) is 0 Å². The molecule has 2 unspecified atom stereocenters. The van der Waals surface area contributed by atoms with Gasteiger partial charge in [-0.25, -0.2) is 0 Å². The molecule has 2 N–H and O–H groups in total. The molecular weight excluding hydrogens is 492 g/mol. The highest BCUT2D eigenvalue weighted by atomic mass is 16.3. The first-order valence-corrected chi connectivity index (χ1v) is 15.3. The van der Waals surface area contributed by atoms with Gasteiger partial charge < -0.3 is 10.2 Å². The van der Waals surface area contributed by atoms with Gasteiger partial charge in [0.25, 0.3) is 0 Å². The molecule has 0 heterocycles. The molecule has 220 valence electrons. The van der Waals surface area contributed by atoms with E-state index in [9.17, 15) is 10.2 Å². The standard InChI is InChI=1S/C36H54N2O2/c1-23(2)14-25-16-27(33(39)31(18-25)35(5,6)7)21-37-29-12-11-13-30(20-29)38-22-28-17-26(15-24(3)4)19-32(34(28)40)36(8,9)10/h16-19,21-24,29-30,39-40H,11-15,20H2,1-10H3. The van der Waals surface area contributed by atoms with Gasteiger partial charge in [0.1, 0.15) is 11.5 Å². The van der Waals surface area contributed by atoms with Crippen molar-refractivity contribution < 1.29 is 10.2 Å². The molecule has 2 aromatic carbocycles. The third kappa shape index (κ3) is 8.69. The van der Waals surface area contributed by atoms with Crippen LogP contribution in [0.15, 0.2) is 34.3 Å². The third-order valence-electron chi connectivity index (χ3n) is 7.77. The van der Waals surface area contributed by atoms with Crippen LogP contribution in [0.4, 0.5) is 0 Å². The highest BCUT2D eigenvalue weighted by molar-refractivity contribution is 5.85. The molecule has 4 nitrogen and oxygen atoms in total. The lowest BCUT2D eigenvalue weighted by Crippen LogP contribution is -2.21. The average molecular weight is 547 g/mol. The van der Waals surface area contributed by atoms with Crippen LogP contribution in [-0.2, 0) is 23.7 Å². The maximum absolute atomic E-state index is 11.1. The van der Waals surface area contributed by atoms with E-state index in [-0.39, 0.29) is 22.9 Å². The Kier molecular flexibility index (Phi) is 10.3. The van der Waals surface area contributed by atoms with E-state index >= 15 is 0 Å². The SMILES string of the molecule is CC(C)Cc1cc(C=NC2CCCC(N=Cc3cc(CC(C)C)cc(C(C)(C)C)c3O)C2)c(O)c(C(C)(C)C)c1. The lowest BCUT2D eigenvalue weighted by Gasteiger charge is -2.25. The first-order chi connectivity index (χ1) is 18.5. The molecule has 0 radical (unpaired) electrons. The summed E-state index contributed by atoms with van der Waals surface area (Å²) < 4.78 is 0. The second-order valence-electron chi connectivity index (χ2n) is 14.9. The smallest absolute Gasteiger partial charge is 0.128 e. The Morgan fingerprint density at radius 2 is 1.07 bits per heavy atom. The summed E-state index contributed by atoms with van der Waals surface area (Å²) in [4.78, 5) is 9.93. The maximum Gasteiger partial charge on any atom is 0.128 e. The van der Waals surface area contributed by atoms with Gasteiger partial charge in [-0.05, 0) is 84.5 Å². The van der Waals surface area contributed by atoms with Gasteiger partial charge in [-0.2, -0.15) is 0 Å². The van der Waals surface area contributed by atoms with Crippen molar-refractivity contribution in [3.8, 4) is 11.5 Å². The molecule has 1 aliphatic rings. The summed E-state index contributed by atoms with van der Waals surface area (Å²) in [5.74, 6) is 1.79. The Hall–Kier alpha value is -2.62. The molecule has 1 saturated carbocycles. The summed E-state index contributed by atoms with van der Waals surface area (Å²) >= 11 is 0. The topological polar surface area (TPSA) is 65.2 Å². The molecule has 0 amide bonds. The summed E-state index contributed by atoms with van der Waals surface area (Å²) in [5, 5.41) is 22.2. The van der Waals surface area contributed by atoms with E-state index in [4.69, 9.17) is 9.98 Å². The van der Waals surface area contributed by atoms with Gasteiger partial charge in [0.15, 0.2) is 0 Å². The van der Waals surface area contributed by atoms with Crippen LogP contribution in [0.1, 0.15) is 128 Å². The first kappa shape index (κ1) is 31.9. The van der Waals surface area contributed by atoms with E-state index in [1.165, 1.54) is 11.1 Å². The fraction of sp³-hybridized carbons (Fsp3) is 0.611. The average Bonchev–Trinajstić information content (AvgIpc) is 2.82. The molecule has 1 aliphatic carbocycles. The van der Waals surface area contributed by atoms with Crippen molar-refractivity contribution >= 4 is 12.4 Å². The minimum absolute atomic E-state index is 0.144. The summed E-state index contributed by atoms with van der Waals surface area (Å²) in [5.41, 5.74) is 5.80. The minimum Gasteiger partial charge on any atom is -0.507 e. The van der Waals surface area contributed by atoms with Gasteiger partial charge in [-0.1, -0.05) is 81.4 Å². The molecule has 0 aromatic heterocycles. The number of rotatable bonds is 8. The van der Waals surface area contributed by atoms with Crippen LogP contribution in [0.5, 0.6) is 11.5 Å². The quantitative estimate of drug-likeness (QED) is 0.325. The molecule has 0 aliphatic heterocycles. The second-order valence-corrected chi connectivity index (χ2v) is 14.9. The van der Waals surface area contributed by atoms with Crippen LogP contribution in [0.25, 0.3) is 0 Å². The Bertz CT molecular complexity index is 1120. The monoisotopic (exact) mass is 546 g/mol. The van der Waals surface area contributed by atoms with Gasteiger partial charge >= 0.3 is 0 Å². The zero-order valence-electron chi connectivity index (χ0n) is 26.8. The molecule has 2 atom stereocenters. The number of phenols is 2. The van der Waals surface area contributed by atoms with E-state index in [1.807, 2.05) is 12.4 Å². The van der Waals surface area contributed by atoms with Crippen LogP contribution in [0, 0.1) is 11.8 Å². The zero-order chi connectivity index (χ0) is 29.8. The highest BCUT2D eigenvalue weighted by Crippen LogP contribution is 2.36. The summed E-state index contributed by atoms with van der Waals surface area (Å²) in [6, 6.07) is 8.88. The first-order valence-electron chi connectivity index (χ1n) is 15.3. The maximum atomic E-state index is 11.1. The lowest BCUT2D eigenvalue weighted by atomic mass is 9.83. The minimum atomic E-state index is -0.144. The van der Waals surface area contributed by atoms with Gasteiger partial charge in [-0.15, -0.1) is 0 Å². The van der Waals surface area contributed by atoms with E-state index in [2.05, 4.69) is 93.5 Å². The molecule has 4 heteroatoms. The third-order valence-corrected chi connectivity index (χ3v) is 7.77. The van der Waals surface area contributed by atoms with Gasteiger partial charge in [-0.3, -0.25) is 9.98 Å². The predicted molar refractivity (Wildman–Crippen MR) is 172 cm³/mol. The fourth-order valence-corrected chi connectivity index (χ4v) is 5.74. The number of aromatic hydroxyl groups is 2. The number of hydrogen-bond donors (Lipinski definition) is 2. The number of aliphatic imine (C=N–C) groups is 2. The van der Waals surface area contributed by atoms with Crippen LogP contribution >= 0.6 is 0 Å². The Morgan fingerprint density at radius 3 is 1.40 bits per heavy atom. The van der Waals surface area contributed by atoms with E-state index in [0.717, 1.165) is 60.8 Å². The van der Waals surface area contributed by atoms with Crippen LogP contribution in [-0.4, -0.2) is 34.7 Å². The van der Waals surface area contributed by atoms with Gasteiger partial charge in [0.05, 0.1) is 12.1 Å². The molecule has 0 saturated heterocycles. The van der Waals surface area contributed by atoms with Crippen LogP contribution in [0.3, 0.4) is 0 Å².